The second-order valence-electron chi connectivity index (χ2n) is 5.87. The van der Waals surface area contributed by atoms with Gasteiger partial charge in [0.15, 0.2) is 12.4 Å². The minimum absolute atomic E-state index is 0.116. The highest BCUT2D eigenvalue weighted by Crippen LogP contribution is 2.15. The molecule has 0 aliphatic heterocycles. The number of ether oxygens (including phenoxy) is 2. The summed E-state index contributed by atoms with van der Waals surface area (Å²) in [6, 6.07) is 6.74. The lowest BCUT2D eigenvalue weighted by Gasteiger charge is -2.09. The number of rotatable bonds is 9. The highest BCUT2D eigenvalue weighted by atomic mass is 35.5. The van der Waals surface area contributed by atoms with Gasteiger partial charge >= 0.3 is 5.97 Å². The van der Waals surface area contributed by atoms with Crippen LogP contribution >= 0.6 is 11.6 Å². The number of benzene rings is 1. The Kier molecular flexibility index (Phi) is 9.45. The number of carbonyl (C=O) groups excluding carboxylic acids is 2. The van der Waals surface area contributed by atoms with Gasteiger partial charge in [0.2, 0.25) is 0 Å². The van der Waals surface area contributed by atoms with E-state index in [9.17, 15) is 9.59 Å². The maximum Gasteiger partial charge on any atom is 0.344 e. The van der Waals surface area contributed by atoms with Crippen molar-refractivity contribution >= 4 is 23.4 Å². The van der Waals surface area contributed by atoms with Gasteiger partial charge in [-0.25, -0.2) is 4.79 Å². The van der Waals surface area contributed by atoms with Crippen LogP contribution in [0.15, 0.2) is 59.9 Å². The summed E-state index contributed by atoms with van der Waals surface area (Å²) in [4.78, 5) is 24.1. The average molecular weight is 377 g/mol. The van der Waals surface area contributed by atoms with E-state index in [1.807, 2.05) is 13.0 Å². The molecule has 0 radical (unpaired) electrons. The Hall–Kier alpha value is -2.33. The van der Waals surface area contributed by atoms with Crippen molar-refractivity contribution in [1.82, 2.24) is 0 Å². The molecule has 0 aromatic heterocycles. The highest BCUT2D eigenvalue weighted by Gasteiger charge is 2.10. The standard InChI is InChI=1S/C21H25ClO4/c1-5-6-7-17(21(24)18-10-12-19(22)13-11-18)9-8-16(4)25-14-20(23)26-15(2)3/h6-13,15H,5,14H2,1-4H3/b7-6?,16-8+,17-9+. The fourth-order valence-electron chi connectivity index (χ4n) is 1.94. The summed E-state index contributed by atoms with van der Waals surface area (Å²) in [5.74, 6) is -0.0354. The van der Waals surface area contributed by atoms with Gasteiger partial charge in [-0.1, -0.05) is 30.7 Å². The molecule has 140 valence electrons. The smallest absolute Gasteiger partial charge is 0.344 e. The second-order valence-corrected chi connectivity index (χ2v) is 6.31. The summed E-state index contributed by atoms with van der Waals surface area (Å²) >= 11 is 5.87. The molecule has 0 bridgehead atoms. The molecule has 0 amide bonds. The number of hydrogen-bond acceptors (Lipinski definition) is 4. The molecule has 0 heterocycles. The van der Waals surface area contributed by atoms with E-state index in [0.29, 0.717) is 21.9 Å². The largest absolute Gasteiger partial charge is 0.487 e. The van der Waals surface area contributed by atoms with Gasteiger partial charge in [0.05, 0.1) is 11.9 Å². The molecule has 0 aliphatic carbocycles. The second kappa shape index (κ2) is 11.3. The zero-order valence-corrected chi connectivity index (χ0v) is 16.4. The number of halogens is 1. The Balaban J connectivity index is 2.87. The van der Waals surface area contributed by atoms with Crippen molar-refractivity contribution in [2.75, 3.05) is 6.61 Å². The van der Waals surface area contributed by atoms with Crippen LogP contribution in [0.25, 0.3) is 0 Å². The molecule has 0 unspecified atom stereocenters. The Morgan fingerprint density at radius 3 is 2.38 bits per heavy atom. The van der Waals surface area contributed by atoms with E-state index in [1.54, 1.807) is 63.3 Å². The minimum atomic E-state index is -0.430. The molecule has 1 aromatic rings. The number of hydrogen-bond donors (Lipinski definition) is 0. The molecule has 5 heteroatoms. The van der Waals surface area contributed by atoms with Crippen LogP contribution in [-0.4, -0.2) is 24.5 Å². The van der Waals surface area contributed by atoms with Crippen molar-refractivity contribution in [3.05, 3.63) is 70.5 Å². The fourth-order valence-corrected chi connectivity index (χ4v) is 2.07. The van der Waals surface area contributed by atoms with Gasteiger partial charge in [0.1, 0.15) is 0 Å². The summed E-state index contributed by atoms with van der Waals surface area (Å²) in [5, 5.41) is 0.577. The van der Waals surface area contributed by atoms with Crippen LogP contribution in [0, 0.1) is 0 Å². The van der Waals surface area contributed by atoms with E-state index in [2.05, 4.69) is 0 Å². The Morgan fingerprint density at radius 2 is 1.81 bits per heavy atom. The van der Waals surface area contributed by atoms with E-state index in [-0.39, 0.29) is 18.5 Å². The van der Waals surface area contributed by atoms with Gasteiger partial charge in [-0.15, -0.1) is 0 Å². The van der Waals surface area contributed by atoms with Crippen molar-refractivity contribution in [1.29, 1.82) is 0 Å². The molecule has 0 atom stereocenters. The molecule has 0 aliphatic rings. The predicted molar refractivity (Wildman–Crippen MR) is 104 cm³/mol. The average Bonchev–Trinajstić information content (AvgIpc) is 2.59. The molecular formula is C21H25ClO4. The molecular weight excluding hydrogens is 352 g/mol. The molecule has 0 fully saturated rings. The third-order valence-electron chi connectivity index (χ3n) is 3.18. The lowest BCUT2D eigenvalue weighted by atomic mass is 10.0. The number of esters is 1. The van der Waals surface area contributed by atoms with Crippen molar-refractivity contribution in [3.8, 4) is 0 Å². The van der Waals surface area contributed by atoms with E-state index >= 15 is 0 Å². The van der Waals surface area contributed by atoms with Crippen LogP contribution in [-0.2, 0) is 14.3 Å². The summed E-state index contributed by atoms with van der Waals surface area (Å²) in [6.45, 7) is 7.09. The van der Waals surface area contributed by atoms with E-state index in [0.717, 1.165) is 6.42 Å². The first-order chi connectivity index (χ1) is 12.3. The van der Waals surface area contributed by atoms with Gasteiger partial charge in [0, 0.05) is 16.2 Å². The number of ketones is 1. The number of carbonyl (C=O) groups is 2. The maximum atomic E-state index is 12.7. The first-order valence-electron chi connectivity index (χ1n) is 8.51. The molecule has 26 heavy (non-hydrogen) atoms. The van der Waals surface area contributed by atoms with Crippen LogP contribution < -0.4 is 0 Å². The van der Waals surface area contributed by atoms with Crippen LogP contribution in [0.5, 0.6) is 0 Å². The summed E-state index contributed by atoms with van der Waals surface area (Å²) in [5.41, 5.74) is 1.07. The number of allylic oxidation sites excluding steroid dienone is 6. The molecule has 1 aromatic carbocycles. The third-order valence-corrected chi connectivity index (χ3v) is 3.44. The highest BCUT2D eigenvalue weighted by molar-refractivity contribution is 6.30. The molecule has 1 rings (SSSR count). The molecule has 0 saturated carbocycles. The zero-order valence-electron chi connectivity index (χ0n) is 15.6. The maximum absolute atomic E-state index is 12.7. The van der Waals surface area contributed by atoms with E-state index < -0.39 is 5.97 Å². The molecule has 0 saturated heterocycles. The third kappa shape index (κ3) is 8.17. The summed E-state index contributed by atoms with van der Waals surface area (Å²) < 4.78 is 10.4. The van der Waals surface area contributed by atoms with Crippen LogP contribution in [0.2, 0.25) is 5.02 Å². The van der Waals surface area contributed by atoms with Crippen LogP contribution in [0.3, 0.4) is 0 Å². The monoisotopic (exact) mass is 376 g/mol. The Morgan fingerprint density at radius 1 is 1.15 bits per heavy atom. The minimum Gasteiger partial charge on any atom is -0.487 e. The first kappa shape index (κ1) is 21.7. The Labute approximate surface area is 160 Å². The van der Waals surface area contributed by atoms with Gasteiger partial charge in [0.25, 0.3) is 0 Å². The van der Waals surface area contributed by atoms with Gasteiger partial charge in [-0.3, -0.25) is 4.79 Å². The van der Waals surface area contributed by atoms with Crippen LogP contribution in [0.4, 0.5) is 0 Å². The van der Waals surface area contributed by atoms with Crippen LogP contribution in [0.1, 0.15) is 44.5 Å². The van der Waals surface area contributed by atoms with Crippen molar-refractivity contribution in [2.24, 2.45) is 0 Å². The predicted octanol–water partition coefficient (Wildman–Crippen LogP) is 5.29. The zero-order chi connectivity index (χ0) is 19.5. The number of Topliss-reactive ketones (excluding diaryl/α,β-unsaturated/α-hetero) is 1. The van der Waals surface area contributed by atoms with Gasteiger partial charge in [-0.2, -0.15) is 0 Å². The summed E-state index contributed by atoms with van der Waals surface area (Å²) in [6.07, 6.45) is 7.64. The van der Waals surface area contributed by atoms with Gasteiger partial charge < -0.3 is 9.47 Å². The van der Waals surface area contributed by atoms with E-state index in [1.165, 1.54) is 0 Å². The molecule has 0 spiro atoms. The van der Waals surface area contributed by atoms with Crippen molar-refractivity contribution in [3.63, 3.8) is 0 Å². The normalized spacial score (nSPS) is 12.5. The molecule has 4 nitrogen and oxygen atoms in total. The first-order valence-corrected chi connectivity index (χ1v) is 8.89. The Bertz CT molecular complexity index is 697. The quantitative estimate of drug-likeness (QED) is 0.193. The lowest BCUT2D eigenvalue weighted by Crippen LogP contribution is -2.16. The lowest BCUT2D eigenvalue weighted by molar-refractivity contribution is -0.151. The fraction of sp³-hybridized carbons (Fsp3) is 0.333. The van der Waals surface area contributed by atoms with E-state index in [4.69, 9.17) is 21.1 Å². The summed E-state index contributed by atoms with van der Waals surface area (Å²) in [7, 11) is 0. The topological polar surface area (TPSA) is 52.6 Å². The molecule has 0 N–H and O–H groups in total. The van der Waals surface area contributed by atoms with Gasteiger partial charge in [-0.05, 0) is 63.6 Å². The van der Waals surface area contributed by atoms with Crippen molar-refractivity contribution < 1.29 is 19.1 Å². The SMILES string of the molecule is CCC=C/C(=C\C=C(/C)OCC(=O)OC(C)C)C(=O)c1ccc(Cl)cc1. The van der Waals surface area contributed by atoms with Crippen molar-refractivity contribution in [2.45, 2.75) is 40.2 Å².